The first-order valence-electron chi connectivity index (χ1n) is 7.47. The van der Waals surface area contributed by atoms with Gasteiger partial charge >= 0.3 is 0 Å². The number of carbonyl (C=O) groups is 2. The number of hydrogen-bond donors (Lipinski definition) is 2. The Morgan fingerprint density at radius 2 is 1.91 bits per heavy atom. The molecule has 1 fully saturated rings. The number of methoxy groups -OCH3 is 1. The number of nitrogens with zero attached hydrogens (tertiary/aromatic N) is 1. The van der Waals surface area contributed by atoms with Crippen molar-refractivity contribution >= 4 is 11.8 Å². The van der Waals surface area contributed by atoms with Gasteiger partial charge in [0.05, 0.1) is 13.7 Å². The molecule has 0 bridgehead atoms. The first-order chi connectivity index (χ1) is 10.7. The molecule has 1 saturated heterocycles. The Bertz CT molecular complexity index is 507. The fraction of sp³-hybridized carbons (Fsp3) is 0.500. The number of amides is 2. The summed E-state index contributed by atoms with van der Waals surface area (Å²) in [6.45, 7) is 1.37. The normalized spacial score (nSPS) is 15.5. The molecule has 1 aromatic carbocycles. The van der Waals surface area contributed by atoms with E-state index in [1.807, 2.05) is 0 Å². The number of benzene rings is 1. The molecule has 0 atom stereocenters. The number of aliphatic hydroxyl groups excluding tert-OH is 1. The van der Waals surface area contributed by atoms with Crippen LogP contribution in [0, 0.1) is 5.92 Å². The van der Waals surface area contributed by atoms with Crippen molar-refractivity contribution in [3.63, 3.8) is 0 Å². The molecule has 2 rings (SSSR count). The van der Waals surface area contributed by atoms with E-state index >= 15 is 0 Å². The first kappa shape index (κ1) is 16.3. The number of nitrogens with one attached hydrogen (secondary N) is 1. The zero-order valence-electron chi connectivity index (χ0n) is 12.7. The Morgan fingerprint density at radius 3 is 2.45 bits per heavy atom. The van der Waals surface area contributed by atoms with Crippen LogP contribution in [0.25, 0.3) is 0 Å². The summed E-state index contributed by atoms with van der Waals surface area (Å²) in [5, 5.41) is 11.4. The predicted molar refractivity (Wildman–Crippen MR) is 81.7 cm³/mol. The highest BCUT2D eigenvalue weighted by Gasteiger charge is 2.27. The maximum absolute atomic E-state index is 12.4. The van der Waals surface area contributed by atoms with Crippen molar-refractivity contribution in [2.45, 2.75) is 12.8 Å². The van der Waals surface area contributed by atoms with Gasteiger partial charge in [-0.2, -0.15) is 0 Å². The maximum Gasteiger partial charge on any atom is 0.253 e. The molecule has 120 valence electrons. The molecule has 2 amide bonds. The van der Waals surface area contributed by atoms with Crippen molar-refractivity contribution in [1.82, 2.24) is 10.2 Å². The third-order valence-corrected chi connectivity index (χ3v) is 3.90. The van der Waals surface area contributed by atoms with Crippen molar-refractivity contribution in [3.8, 4) is 5.75 Å². The van der Waals surface area contributed by atoms with E-state index in [1.165, 1.54) is 0 Å². The van der Waals surface area contributed by atoms with Gasteiger partial charge in [0.15, 0.2) is 0 Å². The van der Waals surface area contributed by atoms with Crippen molar-refractivity contribution in [2.75, 3.05) is 33.4 Å². The summed E-state index contributed by atoms with van der Waals surface area (Å²) in [7, 11) is 1.59. The molecule has 6 nitrogen and oxygen atoms in total. The minimum atomic E-state index is -0.0773. The standard InChI is InChI=1S/C16H22N2O4/c1-22-14-4-2-13(3-5-14)16(21)18-9-6-12(7-10-18)15(20)17-8-11-19/h2-5,12,19H,6-11H2,1H3,(H,17,20). The van der Waals surface area contributed by atoms with Crippen molar-refractivity contribution in [3.05, 3.63) is 29.8 Å². The van der Waals surface area contributed by atoms with E-state index in [0.717, 1.165) is 5.75 Å². The van der Waals surface area contributed by atoms with Gasteiger partial charge in [-0.1, -0.05) is 0 Å². The largest absolute Gasteiger partial charge is 0.497 e. The molecule has 6 heteroatoms. The summed E-state index contributed by atoms with van der Waals surface area (Å²) in [6.07, 6.45) is 1.30. The van der Waals surface area contributed by atoms with Gasteiger partial charge in [-0.25, -0.2) is 0 Å². The van der Waals surface area contributed by atoms with E-state index in [9.17, 15) is 9.59 Å². The topological polar surface area (TPSA) is 78.9 Å². The highest BCUT2D eigenvalue weighted by Crippen LogP contribution is 2.20. The van der Waals surface area contributed by atoms with Gasteiger partial charge in [0.2, 0.25) is 5.91 Å². The lowest BCUT2D eigenvalue weighted by Crippen LogP contribution is -2.43. The number of rotatable bonds is 5. The van der Waals surface area contributed by atoms with Crippen molar-refractivity contribution < 1.29 is 19.4 Å². The van der Waals surface area contributed by atoms with E-state index in [4.69, 9.17) is 9.84 Å². The van der Waals surface area contributed by atoms with Crippen LogP contribution in [-0.4, -0.2) is 55.2 Å². The molecule has 2 N–H and O–H groups in total. The lowest BCUT2D eigenvalue weighted by molar-refractivity contribution is -0.126. The fourth-order valence-corrected chi connectivity index (χ4v) is 2.58. The molecular weight excluding hydrogens is 284 g/mol. The average molecular weight is 306 g/mol. The Labute approximate surface area is 130 Å². The minimum Gasteiger partial charge on any atom is -0.497 e. The summed E-state index contributed by atoms with van der Waals surface area (Å²) in [5.74, 6) is 0.588. The van der Waals surface area contributed by atoms with Gasteiger partial charge in [0.25, 0.3) is 5.91 Å². The van der Waals surface area contributed by atoms with Crippen LogP contribution in [-0.2, 0) is 4.79 Å². The number of hydrogen-bond acceptors (Lipinski definition) is 4. The molecule has 22 heavy (non-hydrogen) atoms. The van der Waals surface area contributed by atoms with E-state index in [0.29, 0.717) is 31.5 Å². The zero-order chi connectivity index (χ0) is 15.9. The number of ether oxygens (including phenoxy) is 1. The summed E-state index contributed by atoms with van der Waals surface area (Å²) < 4.78 is 5.08. The SMILES string of the molecule is COc1ccc(C(=O)N2CCC(C(=O)NCCO)CC2)cc1. The van der Waals surface area contributed by atoms with Gasteiger partial charge in [-0.15, -0.1) is 0 Å². The Kier molecular flexibility index (Phi) is 5.77. The molecule has 0 aliphatic carbocycles. The molecule has 0 aromatic heterocycles. The molecule has 1 aliphatic rings. The van der Waals surface area contributed by atoms with Crippen LogP contribution in [0.1, 0.15) is 23.2 Å². The third kappa shape index (κ3) is 3.98. The smallest absolute Gasteiger partial charge is 0.253 e. The maximum atomic E-state index is 12.4. The zero-order valence-corrected chi connectivity index (χ0v) is 12.7. The van der Waals surface area contributed by atoms with Gasteiger partial charge in [0, 0.05) is 31.1 Å². The number of aliphatic hydroxyl groups is 1. The quantitative estimate of drug-likeness (QED) is 0.837. The lowest BCUT2D eigenvalue weighted by atomic mass is 9.95. The molecule has 1 aromatic rings. The van der Waals surface area contributed by atoms with Gasteiger partial charge in [0.1, 0.15) is 5.75 Å². The number of piperidine rings is 1. The molecule has 0 saturated carbocycles. The lowest BCUT2D eigenvalue weighted by Gasteiger charge is -2.31. The second-order valence-electron chi connectivity index (χ2n) is 5.31. The van der Waals surface area contributed by atoms with Crippen LogP contribution in [0.4, 0.5) is 0 Å². The molecule has 0 radical (unpaired) electrons. The number of carbonyl (C=O) groups excluding carboxylic acids is 2. The Hall–Kier alpha value is -2.08. The van der Waals surface area contributed by atoms with Crippen LogP contribution in [0.15, 0.2) is 24.3 Å². The highest BCUT2D eigenvalue weighted by atomic mass is 16.5. The minimum absolute atomic E-state index is 0.0168. The van der Waals surface area contributed by atoms with Gasteiger partial charge in [-0.3, -0.25) is 9.59 Å². The molecule has 0 spiro atoms. The van der Waals surface area contributed by atoms with Gasteiger partial charge in [-0.05, 0) is 37.1 Å². The van der Waals surface area contributed by atoms with Crippen LogP contribution >= 0.6 is 0 Å². The predicted octanol–water partition coefficient (Wildman–Crippen LogP) is 0.656. The number of likely N-dealkylation sites (tertiary alicyclic amines) is 1. The summed E-state index contributed by atoms with van der Waals surface area (Å²) in [6, 6.07) is 7.03. The Morgan fingerprint density at radius 1 is 1.27 bits per heavy atom. The molecule has 1 heterocycles. The first-order valence-corrected chi connectivity index (χ1v) is 7.47. The van der Waals surface area contributed by atoms with Crippen LogP contribution < -0.4 is 10.1 Å². The molecule has 1 aliphatic heterocycles. The van der Waals surface area contributed by atoms with E-state index in [1.54, 1.807) is 36.3 Å². The third-order valence-electron chi connectivity index (χ3n) is 3.90. The van der Waals surface area contributed by atoms with Crippen LogP contribution in [0.2, 0.25) is 0 Å². The van der Waals surface area contributed by atoms with Crippen molar-refractivity contribution in [2.24, 2.45) is 5.92 Å². The second kappa shape index (κ2) is 7.79. The fourth-order valence-electron chi connectivity index (χ4n) is 2.58. The summed E-state index contributed by atoms with van der Waals surface area (Å²) in [4.78, 5) is 26.0. The second-order valence-corrected chi connectivity index (χ2v) is 5.31. The summed E-state index contributed by atoms with van der Waals surface area (Å²) >= 11 is 0. The van der Waals surface area contributed by atoms with Crippen LogP contribution in [0.5, 0.6) is 5.75 Å². The summed E-state index contributed by atoms with van der Waals surface area (Å²) in [5.41, 5.74) is 0.629. The average Bonchev–Trinajstić information content (AvgIpc) is 2.59. The van der Waals surface area contributed by atoms with E-state index < -0.39 is 0 Å². The molecular formula is C16H22N2O4. The monoisotopic (exact) mass is 306 g/mol. The highest BCUT2D eigenvalue weighted by molar-refractivity contribution is 5.94. The van der Waals surface area contributed by atoms with Crippen molar-refractivity contribution in [1.29, 1.82) is 0 Å². The van der Waals surface area contributed by atoms with Crippen LogP contribution in [0.3, 0.4) is 0 Å². The van der Waals surface area contributed by atoms with Gasteiger partial charge < -0.3 is 20.1 Å². The Balaban J connectivity index is 1.87. The molecule has 0 unspecified atom stereocenters. The van der Waals surface area contributed by atoms with E-state index in [-0.39, 0.29) is 30.9 Å². The van der Waals surface area contributed by atoms with E-state index in [2.05, 4.69) is 5.32 Å².